The summed E-state index contributed by atoms with van der Waals surface area (Å²) in [5.41, 5.74) is -1.71. The second kappa shape index (κ2) is 5.07. The van der Waals surface area contributed by atoms with Crippen molar-refractivity contribution in [3.05, 3.63) is 35.1 Å². The molecule has 98 valence electrons. The number of esters is 1. The minimum Gasteiger partial charge on any atom is -0.478 e. The maximum atomic E-state index is 13.5. The molecule has 0 aliphatic heterocycles. The fourth-order valence-electron chi connectivity index (χ4n) is 1.22. The quantitative estimate of drug-likeness (QED) is 0.845. The van der Waals surface area contributed by atoms with Gasteiger partial charge in [-0.05, 0) is 19.1 Å². The number of rotatable bonds is 4. The number of hydrogen-bond donors (Lipinski definition) is 1. The lowest BCUT2D eigenvalue weighted by Gasteiger charge is -2.15. The molecule has 1 N–H and O–H groups in total. The molecule has 18 heavy (non-hydrogen) atoms. The van der Waals surface area contributed by atoms with Gasteiger partial charge in [-0.3, -0.25) is 0 Å². The summed E-state index contributed by atoms with van der Waals surface area (Å²) in [6.45, 7) is 1.10. The smallest absolute Gasteiger partial charge is 0.381 e. The highest BCUT2D eigenvalue weighted by atomic mass is 19.3. The van der Waals surface area contributed by atoms with Gasteiger partial charge >= 0.3 is 17.9 Å². The van der Waals surface area contributed by atoms with Gasteiger partial charge in [0.25, 0.3) is 0 Å². The summed E-state index contributed by atoms with van der Waals surface area (Å²) in [4.78, 5) is 21.5. The number of aromatic carboxylic acids is 1. The van der Waals surface area contributed by atoms with E-state index >= 15 is 0 Å². The lowest BCUT2D eigenvalue weighted by molar-refractivity contribution is -0.173. The second-order valence-electron chi connectivity index (χ2n) is 3.29. The predicted molar refractivity (Wildman–Crippen MR) is 53.9 cm³/mol. The first-order valence-corrected chi connectivity index (χ1v) is 4.89. The van der Waals surface area contributed by atoms with Crippen LogP contribution in [0.25, 0.3) is 0 Å². The fourth-order valence-corrected chi connectivity index (χ4v) is 1.22. The molecule has 0 amide bonds. The third-order valence-corrected chi connectivity index (χ3v) is 2.09. The zero-order chi connectivity index (χ0) is 13.9. The zero-order valence-corrected chi connectivity index (χ0v) is 9.25. The molecule has 0 saturated carbocycles. The van der Waals surface area contributed by atoms with Gasteiger partial charge in [-0.15, -0.1) is 0 Å². The van der Waals surface area contributed by atoms with Gasteiger partial charge < -0.3 is 9.84 Å². The molecule has 0 saturated heterocycles. The SMILES string of the molecule is CCOC(=O)C(F)(F)c1ccc(C(=O)O)c(F)c1. The van der Waals surface area contributed by atoms with E-state index in [9.17, 15) is 22.8 Å². The van der Waals surface area contributed by atoms with Crippen LogP contribution in [-0.4, -0.2) is 23.7 Å². The van der Waals surface area contributed by atoms with Crippen LogP contribution in [0.3, 0.4) is 0 Å². The van der Waals surface area contributed by atoms with Crippen molar-refractivity contribution in [2.24, 2.45) is 0 Å². The largest absolute Gasteiger partial charge is 0.478 e. The van der Waals surface area contributed by atoms with Crippen molar-refractivity contribution in [1.82, 2.24) is 0 Å². The van der Waals surface area contributed by atoms with Crippen molar-refractivity contribution in [3.63, 3.8) is 0 Å². The van der Waals surface area contributed by atoms with Crippen molar-refractivity contribution < 1.29 is 32.6 Å². The van der Waals surface area contributed by atoms with Crippen LogP contribution in [0.15, 0.2) is 18.2 Å². The highest BCUT2D eigenvalue weighted by molar-refractivity contribution is 5.88. The molecule has 4 nitrogen and oxygen atoms in total. The van der Waals surface area contributed by atoms with E-state index in [1.807, 2.05) is 0 Å². The lowest BCUT2D eigenvalue weighted by Crippen LogP contribution is -2.28. The number of alkyl halides is 2. The first-order valence-electron chi connectivity index (χ1n) is 4.89. The van der Waals surface area contributed by atoms with Gasteiger partial charge in [0, 0.05) is 5.56 Å². The molecule has 0 fully saturated rings. The molecule has 0 unspecified atom stereocenters. The molecule has 0 aliphatic rings. The first kappa shape index (κ1) is 14.0. The minimum atomic E-state index is -4.02. The summed E-state index contributed by atoms with van der Waals surface area (Å²) in [5.74, 6) is -8.76. The van der Waals surface area contributed by atoms with E-state index in [-0.39, 0.29) is 6.61 Å². The maximum Gasteiger partial charge on any atom is 0.381 e. The number of carbonyl (C=O) groups is 2. The van der Waals surface area contributed by atoms with Gasteiger partial charge in [-0.2, -0.15) is 8.78 Å². The van der Waals surface area contributed by atoms with Crippen LogP contribution >= 0.6 is 0 Å². The molecular weight excluding hydrogens is 253 g/mol. The van der Waals surface area contributed by atoms with Crippen LogP contribution in [0.4, 0.5) is 13.2 Å². The Morgan fingerprint density at radius 2 is 2.00 bits per heavy atom. The zero-order valence-electron chi connectivity index (χ0n) is 9.25. The molecule has 7 heteroatoms. The summed E-state index contributed by atoms with van der Waals surface area (Å²) in [6.07, 6.45) is 0. The number of ether oxygens (including phenoxy) is 1. The van der Waals surface area contributed by atoms with Crippen LogP contribution in [-0.2, 0) is 15.5 Å². The Balaban J connectivity index is 3.14. The van der Waals surface area contributed by atoms with Crippen LogP contribution in [0.2, 0.25) is 0 Å². The monoisotopic (exact) mass is 262 g/mol. The van der Waals surface area contributed by atoms with Crippen molar-refractivity contribution in [2.75, 3.05) is 6.61 Å². The van der Waals surface area contributed by atoms with Crippen LogP contribution in [0.1, 0.15) is 22.8 Å². The highest BCUT2D eigenvalue weighted by Crippen LogP contribution is 2.30. The Morgan fingerprint density at radius 1 is 1.39 bits per heavy atom. The third kappa shape index (κ3) is 2.61. The van der Waals surface area contributed by atoms with E-state index in [0.717, 1.165) is 0 Å². The molecular formula is C11H9F3O4. The minimum absolute atomic E-state index is 0.246. The molecule has 0 spiro atoms. The number of hydrogen-bond acceptors (Lipinski definition) is 3. The summed E-state index contributed by atoms with van der Waals surface area (Å²) in [5, 5.41) is 8.53. The standard InChI is InChI=1S/C11H9F3O4/c1-2-18-10(17)11(13,14)6-3-4-7(9(15)16)8(12)5-6/h3-5H,2H2,1H3,(H,15,16). The van der Waals surface area contributed by atoms with Crippen molar-refractivity contribution >= 4 is 11.9 Å². The fraction of sp³-hybridized carbons (Fsp3) is 0.273. The highest BCUT2D eigenvalue weighted by Gasteiger charge is 2.43. The van der Waals surface area contributed by atoms with Gasteiger partial charge in [-0.25, -0.2) is 14.0 Å². The van der Waals surface area contributed by atoms with Crippen molar-refractivity contribution in [2.45, 2.75) is 12.8 Å². The maximum absolute atomic E-state index is 13.5. The summed E-state index contributed by atoms with van der Waals surface area (Å²) < 4.78 is 44.3. The molecule has 1 aromatic carbocycles. The summed E-state index contributed by atoms with van der Waals surface area (Å²) >= 11 is 0. The van der Waals surface area contributed by atoms with Gasteiger partial charge in [0.2, 0.25) is 0 Å². The van der Waals surface area contributed by atoms with Crippen molar-refractivity contribution in [3.8, 4) is 0 Å². The van der Waals surface area contributed by atoms with E-state index in [1.54, 1.807) is 0 Å². The average molecular weight is 262 g/mol. The van der Waals surface area contributed by atoms with Crippen LogP contribution in [0.5, 0.6) is 0 Å². The summed E-state index contributed by atoms with van der Waals surface area (Å²) in [6, 6.07) is 1.64. The average Bonchev–Trinajstić information content (AvgIpc) is 2.28. The second-order valence-corrected chi connectivity index (χ2v) is 3.29. The van der Waals surface area contributed by atoms with E-state index in [4.69, 9.17) is 5.11 Å². The molecule has 1 aromatic rings. The van der Waals surface area contributed by atoms with E-state index in [1.165, 1.54) is 6.92 Å². The van der Waals surface area contributed by atoms with Crippen LogP contribution in [0, 0.1) is 5.82 Å². The first-order chi connectivity index (χ1) is 8.30. The Labute approximate surface area is 100.0 Å². The van der Waals surface area contributed by atoms with Gasteiger partial charge in [0.1, 0.15) is 5.82 Å². The molecule has 0 atom stereocenters. The molecule has 1 rings (SSSR count). The number of halogens is 3. The normalized spacial score (nSPS) is 11.1. The number of carboxylic acids is 1. The van der Waals surface area contributed by atoms with E-state index in [2.05, 4.69) is 4.74 Å². The predicted octanol–water partition coefficient (Wildman–Crippen LogP) is 2.18. The molecule has 0 bridgehead atoms. The Hall–Kier alpha value is -2.05. The Bertz CT molecular complexity index is 485. The van der Waals surface area contributed by atoms with Gasteiger partial charge in [0.15, 0.2) is 0 Å². The molecule has 0 heterocycles. The number of carbonyl (C=O) groups excluding carboxylic acids is 1. The Kier molecular flexibility index (Phi) is 3.95. The Morgan fingerprint density at radius 3 is 2.44 bits per heavy atom. The number of benzene rings is 1. The van der Waals surface area contributed by atoms with Gasteiger partial charge in [-0.1, -0.05) is 6.07 Å². The third-order valence-electron chi connectivity index (χ3n) is 2.09. The lowest BCUT2D eigenvalue weighted by atomic mass is 10.1. The molecule has 0 aromatic heterocycles. The number of carboxylic acid groups (broad SMARTS) is 1. The molecule has 0 aliphatic carbocycles. The van der Waals surface area contributed by atoms with Gasteiger partial charge in [0.05, 0.1) is 12.2 Å². The van der Waals surface area contributed by atoms with Crippen molar-refractivity contribution in [1.29, 1.82) is 0 Å². The van der Waals surface area contributed by atoms with Crippen LogP contribution < -0.4 is 0 Å². The van der Waals surface area contributed by atoms with E-state index in [0.29, 0.717) is 18.2 Å². The topological polar surface area (TPSA) is 63.6 Å². The summed E-state index contributed by atoms with van der Waals surface area (Å²) in [7, 11) is 0. The van der Waals surface area contributed by atoms with E-state index < -0.39 is 34.8 Å². The molecule has 0 radical (unpaired) electrons.